The highest BCUT2D eigenvalue weighted by Gasteiger charge is 2.52. The Labute approximate surface area is 385 Å². The maximum absolute atomic E-state index is 2.57. The van der Waals surface area contributed by atoms with Crippen LogP contribution in [0.25, 0.3) is 72.0 Å². The number of rotatable bonds is 5. The molecule has 2 nitrogen and oxygen atoms in total. The molecule has 0 radical (unpaired) electrons. The molecule has 0 bridgehead atoms. The van der Waals surface area contributed by atoms with Gasteiger partial charge in [0.2, 0.25) is 0 Å². The van der Waals surface area contributed by atoms with Gasteiger partial charge >= 0.3 is 0 Å². The van der Waals surface area contributed by atoms with Crippen molar-refractivity contribution in [3.05, 3.63) is 264 Å². The van der Waals surface area contributed by atoms with E-state index < -0.39 is 5.41 Å². The Hall–Kier alpha value is -8.20. The van der Waals surface area contributed by atoms with Crippen molar-refractivity contribution in [3.8, 4) is 50.2 Å². The van der Waals surface area contributed by atoms with Gasteiger partial charge in [-0.3, -0.25) is 0 Å². The first kappa shape index (κ1) is 37.2. The average Bonchev–Trinajstić information content (AvgIpc) is 3.96. The Balaban J connectivity index is 1.12. The summed E-state index contributed by atoms with van der Waals surface area (Å²) < 4.78 is 2.57. The summed E-state index contributed by atoms with van der Waals surface area (Å²) in [5.74, 6) is 0. The van der Waals surface area contributed by atoms with Crippen LogP contribution in [0.15, 0.2) is 231 Å². The molecule has 2 heterocycles. The maximum Gasteiger partial charge on any atom is 0.0760 e. The van der Waals surface area contributed by atoms with Crippen LogP contribution in [0.4, 0.5) is 17.1 Å². The number of anilines is 3. The highest BCUT2D eigenvalue weighted by molar-refractivity contribution is 6.13. The highest BCUT2D eigenvalue weighted by Crippen LogP contribution is 2.63. The molecule has 0 unspecified atom stereocenters. The van der Waals surface area contributed by atoms with Gasteiger partial charge in [-0.25, -0.2) is 0 Å². The van der Waals surface area contributed by atoms with E-state index in [-0.39, 0.29) is 5.41 Å². The molecule has 1 spiro atoms. The molecular weight excluding hydrogens is 797 g/mol. The molecule has 11 aromatic rings. The number of benzene rings is 10. The Morgan fingerprint density at radius 1 is 0.379 bits per heavy atom. The second-order valence-electron chi connectivity index (χ2n) is 18.7. The molecule has 14 rings (SSSR count). The molecule has 0 N–H and O–H groups in total. The quantitative estimate of drug-likeness (QED) is 0.168. The fraction of sp³-hybridized carbons (Fsp3) is 0.0625. The van der Waals surface area contributed by atoms with Crippen LogP contribution in [-0.2, 0) is 10.8 Å². The molecule has 2 aliphatic carbocycles. The molecule has 3 aliphatic rings. The lowest BCUT2D eigenvalue weighted by Gasteiger charge is -2.41. The number of fused-ring (bicyclic) bond motifs is 15. The van der Waals surface area contributed by atoms with Gasteiger partial charge in [0.15, 0.2) is 0 Å². The van der Waals surface area contributed by atoms with Crippen molar-refractivity contribution < 1.29 is 0 Å². The van der Waals surface area contributed by atoms with E-state index in [9.17, 15) is 0 Å². The first-order valence-corrected chi connectivity index (χ1v) is 23.2. The van der Waals surface area contributed by atoms with Crippen LogP contribution in [0.3, 0.4) is 0 Å². The molecule has 310 valence electrons. The van der Waals surface area contributed by atoms with Crippen LogP contribution in [0, 0.1) is 0 Å². The summed E-state index contributed by atoms with van der Waals surface area (Å²) in [6.07, 6.45) is 0. The summed E-state index contributed by atoms with van der Waals surface area (Å²) in [6, 6.07) is 86.4. The maximum atomic E-state index is 2.57. The van der Waals surface area contributed by atoms with Gasteiger partial charge < -0.3 is 9.47 Å². The SMILES string of the molecule is CC1(C)c2ccccc2-c2c(N(c3cccc(-c4ccccc4)c3)c3ccccc3-c3cccc4c3C3(c5ccccc5-c5ccccc53)c3cccc5c6ccccc6n-4c35)cccc21. The van der Waals surface area contributed by atoms with Gasteiger partial charge in [-0.05, 0) is 97.6 Å². The van der Waals surface area contributed by atoms with Crippen LogP contribution < -0.4 is 4.90 Å². The fourth-order valence-corrected chi connectivity index (χ4v) is 12.5. The third-order valence-electron chi connectivity index (χ3n) is 15.2. The lowest BCUT2D eigenvalue weighted by molar-refractivity contribution is 0.660. The molecule has 1 aliphatic heterocycles. The van der Waals surface area contributed by atoms with Gasteiger partial charge in [0.25, 0.3) is 0 Å². The molecule has 10 aromatic carbocycles. The molecule has 0 saturated carbocycles. The van der Waals surface area contributed by atoms with Crippen molar-refractivity contribution in [2.45, 2.75) is 24.7 Å². The minimum Gasteiger partial charge on any atom is -0.309 e. The van der Waals surface area contributed by atoms with Crippen molar-refractivity contribution in [3.63, 3.8) is 0 Å². The van der Waals surface area contributed by atoms with Gasteiger partial charge in [0.05, 0.1) is 33.5 Å². The number of para-hydroxylation sites is 3. The third kappa shape index (κ3) is 4.80. The van der Waals surface area contributed by atoms with Crippen molar-refractivity contribution in [1.29, 1.82) is 0 Å². The second kappa shape index (κ2) is 13.7. The highest BCUT2D eigenvalue weighted by atomic mass is 15.1. The van der Waals surface area contributed by atoms with Gasteiger partial charge in [-0.1, -0.05) is 208 Å². The van der Waals surface area contributed by atoms with E-state index in [1.165, 1.54) is 111 Å². The molecule has 2 heteroatoms. The molecule has 0 atom stereocenters. The van der Waals surface area contributed by atoms with Gasteiger partial charge in [0, 0.05) is 38.6 Å². The zero-order chi connectivity index (χ0) is 43.7. The smallest absolute Gasteiger partial charge is 0.0760 e. The van der Waals surface area contributed by atoms with Crippen molar-refractivity contribution in [1.82, 2.24) is 4.57 Å². The van der Waals surface area contributed by atoms with Crippen LogP contribution in [0.5, 0.6) is 0 Å². The first-order chi connectivity index (χ1) is 32.5. The average molecular weight is 841 g/mol. The molecular formula is C64H44N2. The summed E-state index contributed by atoms with van der Waals surface area (Å²) in [7, 11) is 0. The third-order valence-corrected chi connectivity index (χ3v) is 15.2. The van der Waals surface area contributed by atoms with Crippen LogP contribution in [0.1, 0.15) is 47.2 Å². The lowest BCUT2D eigenvalue weighted by Crippen LogP contribution is -2.34. The predicted octanol–water partition coefficient (Wildman–Crippen LogP) is 16.6. The minimum absolute atomic E-state index is 0.161. The van der Waals surface area contributed by atoms with E-state index in [0.29, 0.717) is 0 Å². The standard InChI is InChI=1S/C64H44N2/c1-63(2)51-31-11-8-28-50(51)60-54(63)34-19-38-58(60)65(43-23-16-22-42(40-43)41-20-4-3-5-21-41)56-36-14-9-26-46(56)48-29-18-39-59-61(48)64(52-32-12-6-24-44(52)45-25-7-13-33-53(45)64)55-35-17-30-49-47-27-10-15-37-57(47)66(59)62(49)55/h3-40H,1-2H3. The molecule has 0 fully saturated rings. The van der Waals surface area contributed by atoms with Crippen LogP contribution >= 0.6 is 0 Å². The minimum atomic E-state index is -0.606. The normalized spacial score (nSPS) is 14.2. The van der Waals surface area contributed by atoms with Crippen LogP contribution in [-0.4, -0.2) is 4.57 Å². The fourth-order valence-electron chi connectivity index (χ4n) is 12.5. The van der Waals surface area contributed by atoms with E-state index in [2.05, 4.69) is 254 Å². The van der Waals surface area contributed by atoms with E-state index >= 15 is 0 Å². The van der Waals surface area contributed by atoms with E-state index in [4.69, 9.17) is 0 Å². The summed E-state index contributed by atoms with van der Waals surface area (Å²) in [6.45, 7) is 4.75. The molecule has 0 amide bonds. The molecule has 66 heavy (non-hydrogen) atoms. The lowest BCUT2D eigenvalue weighted by atomic mass is 9.63. The van der Waals surface area contributed by atoms with Crippen molar-refractivity contribution in [2.24, 2.45) is 0 Å². The number of hydrogen-bond acceptors (Lipinski definition) is 1. The summed E-state index contributed by atoms with van der Waals surface area (Å²) in [5.41, 5.74) is 24.3. The second-order valence-corrected chi connectivity index (χ2v) is 18.7. The topological polar surface area (TPSA) is 8.17 Å². The van der Waals surface area contributed by atoms with E-state index in [1.54, 1.807) is 0 Å². The largest absolute Gasteiger partial charge is 0.309 e. The Kier molecular flexibility index (Phi) is 7.70. The van der Waals surface area contributed by atoms with Gasteiger partial charge in [0.1, 0.15) is 0 Å². The Bertz CT molecular complexity index is 3760. The zero-order valence-corrected chi connectivity index (χ0v) is 36.8. The summed E-state index contributed by atoms with van der Waals surface area (Å²) in [4.78, 5) is 2.56. The predicted molar refractivity (Wildman–Crippen MR) is 275 cm³/mol. The van der Waals surface area contributed by atoms with Crippen LogP contribution in [0.2, 0.25) is 0 Å². The Morgan fingerprint density at radius 2 is 0.924 bits per heavy atom. The van der Waals surface area contributed by atoms with Crippen molar-refractivity contribution >= 4 is 38.9 Å². The zero-order valence-electron chi connectivity index (χ0n) is 36.8. The van der Waals surface area contributed by atoms with Gasteiger partial charge in [-0.2, -0.15) is 0 Å². The van der Waals surface area contributed by atoms with E-state index in [0.717, 1.165) is 11.4 Å². The number of aromatic nitrogens is 1. The first-order valence-electron chi connectivity index (χ1n) is 23.2. The van der Waals surface area contributed by atoms with Crippen molar-refractivity contribution in [2.75, 3.05) is 4.90 Å². The van der Waals surface area contributed by atoms with Gasteiger partial charge in [-0.15, -0.1) is 0 Å². The number of hydrogen-bond donors (Lipinski definition) is 0. The Morgan fingerprint density at radius 3 is 1.73 bits per heavy atom. The summed E-state index contributed by atoms with van der Waals surface area (Å²) >= 11 is 0. The van der Waals surface area contributed by atoms with E-state index in [1.807, 2.05) is 0 Å². The number of nitrogens with zero attached hydrogens (tertiary/aromatic N) is 2. The molecule has 0 saturated heterocycles. The monoisotopic (exact) mass is 840 g/mol. The molecule has 1 aromatic heterocycles. The summed E-state index contributed by atoms with van der Waals surface area (Å²) in [5, 5.41) is 2.56.